The molecular weight excluding hydrogens is 457 g/mol. The fraction of sp³-hybridized carbons (Fsp3) is 0.385. The van der Waals surface area contributed by atoms with Crippen LogP contribution in [0.4, 0.5) is 18.0 Å². The van der Waals surface area contributed by atoms with Crippen molar-refractivity contribution in [1.29, 1.82) is 0 Å². The summed E-state index contributed by atoms with van der Waals surface area (Å²) in [6.45, 7) is 2.71. The Morgan fingerprint density at radius 1 is 0.971 bits per heavy atom. The van der Waals surface area contributed by atoms with Crippen molar-refractivity contribution < 1.29 is 22.8 Å². The first-order chi connectivity index (χ1) is 16.7. The van der Waals surface area contributed by atoms with Crippen LogP contribution in [-0.4, -0.2) is 59.4 Å². The van der Waals surface area contributed by atoms with Gasteiger partial charge in [0.1, 0.15) is 0 Å². The molecule has 0 spiro atoms. The molecule has 0 bridgehead atoms. The summed E-state index contributed by atoms with van der Waals surface area (Å²) in [6, 6.07) is 13.6. The lowest BCUT2D eigenvalue weighted by atomic mass is 9.91. The Kier molecular flexibility index (Phi) is 6.04. The molecule has 5 rings (SSSR count). The quantitative estimate of drug-likeness (QED) is 0.709. The fourth-order valence-electron chi connectivity index (χ4n) is 5.35. The Bertz CT molecular complexity index is 1160. The Morgan fingerprint density at radius 3 is 2.31 bits per heavy atom. The fourth-order valence-corrected chi connectivity index (χ4v) is 5.35. The zero-order chi connectivity index (χ0) is 24.7. The minimum atomic E-state index is -4.60. The van der Waals surface area contributed by atoms with Crippen molar-refractivity contribution >= 4 is 11.9 Å². The van der Waals surface area contributed by atoms with Crippen LogP contribution in [0.1, 0.15) is 35.6 Å². The van der Waals surface area contributed by atoms with Crippen LogP contribution >= 0.6 is 0 Å². The number of likely N-dealkylation sites (tertiary alicyclic amines) is 1. The first-order valence-corrected chi connectivity index (χ1v) is 11.7. The lowest BCUT2D eigenvalue weighted by Gasteiger charge is -2.37. The highest BCUT2D eigenvalue weighted by atomic mass is 19.4. The number of amides is 3. The van der Waals surface area contributed by atoms with E-state index in [1.807, 2.05) is 18.2 Å². The number of hydrogen-bond donors (Lipinski definition) is 1. The van der Waals surface area contributed by atoms with Crippen LogP contribution in [0.3, 0.4) is 0 Å². The zero-order valence-electron chi connectivity index (χ0n) is 19.4. The monoisotopic (exact) mass is 484 g/mol. The largest absolute Gasteiger partial charge is 0.416 e. The summed E-state index contributed by atoms with van der Waals surface area (Å²) >= 11 is 0. The van der Waals surface area contributed by atoms with E-state index >= 15 is 0 Å². The topological polar surface area (TPSA) is 55.9 Å². The minimum Gasteiger partial charge on any atom is -0.330 e. The molecule has 35 heavy (non-hydrogen) atoms. The van der Waals surface area contributed by atoms with Gasteiger partial charge in [0, 0.05) is 32.7 Å². The van der Waals surface area contributed by atoms with Gasteiger partial charge in [-0.1, -0.05) is 48.5 Å². The number of benzene rings is 2. The van der Waals surface area contributed by atoms with Crippen molar-refractivity contribution in [3.05, 3.63) is 82.6 Å². The van der Waals surface area contributed by atoms with Crippen molar-refractivity contribution in [2.24, 2.45) is 0 Å². The maximum Gasteiger partial charge on any atom is 0.416 e. The number of halogens is 3. The second-order valence-corrected chi connectivity index (χ2v) is 9.31. The average Bonchev–Trinajstić information content (AvgIpc) is 3.19. The van der Waals surface area contributed by atoms with Gasteiger partial charge in [-0.3, -0.25) is 14.6 Å². The molecule has 1 saturated heterocycles. The number of urea groups is 1. The summed E-state index contributed by atoms with van der Waals surface area (Å²) in [5.41, 5.74) is 0.990. The van der Waals surface area contributed by atoms with Crippen molar-refractivity contribution in [2.75, 3.05) is 26.7 Å². The summed E-state index contributed by atoms with van der Waals surface area (Å²) in [5, 5.41) is 2.63. The SMILES string of the molecule is CN1C(=O)NC(c2ccccc2C(F)(F)F)C2=C1CN(C1CCN(Cc3ccccc3)CC1)C2=O. The summed E-state index contributed by atoms with van der Waals surface area (Å²) < 4.78 is 41.2. The van der Waals surface area contributed by atoms with Gasteiger partial charge in [-0.2, -0.15) is 13.2 Å². The van der Waals surface area contributed by atoms with Gasteiger partial charge in [-0.25, -0.2) is 4.79 Å². The molecule has 184 valence electrons. The molecule has 1 unspecified atom stereocenters. The second kappa shape index (κ2) is 9.03. The predicted molar refractivity (Wildman–Crippen MR) is 124 cm³/mol. The maximum atomic E-state index is 13.7. The summed E-state index contributed by atoms with van der Waals surface area (Å²) in [5.74, 6) is -0.296. The molecule has 1 fully saturated rings. The van der Waals surface area contributed by atoms with Crippen LogP contribution in [0.25, 0.3) is 0 Å². The maximum absolute atomic E-state index is 13.7. The van der Waals surface area contributed by atoms with E-state index in [9.17, 15) is 22.8 Å². The highest BCUT2D eigenvalue weighted by Gasteiger charge is 2.47. The molecule has 3 aliphatic rings. The summed E-state index contributed by atoms with van der Waals surface area (Å²) in [4.78, 5) is 31.7. The zero-order valence-corrected chi connectivity index (χ0v) is 19.4. The number of carbonyl (C=O) groups is 2. The molecule has 1 N–H and O–H groups in total. The van der Waals surface area contributed by atoms with Gasteiger partial charge in [0.15, 0.2) is 0 Å². The second-order valence-electron chi connectivity index (χ2n) is 9.31. The smallest absolute Gasteiger partial charge is 0.330 e. The van der Waals surface area contributed by atoms with Gasteiger partial charge in [0.2, 0.25) is 0 Å². The molecule has 0 saturated carbocycles. The normalized spacial score (nSPS) is 22.0. The average molecular weight is 485 g/mol. The van der Waals surface area contributed by atoms with Crippen LogP contribution in [0.2, 0.25) is 0 Å². The molecule has 3 heterocycles. The number of likely N-dealkylation sites (N-methyl/N-ethyl adjacent to an activating group) is 1. The van der Waals surface area contributed by atoms with Gasteiger partial charge < -0.3 is 10.2 Å². The van der Waals surface area contributed by atoms with E-state index < -0.39 is 23.8 Å². The van der Waals surface area contributed by atoms with Gasteiger partial charge >= 0.3 is 12.2 Å². The number of carbonyl (C=O) groups excluding carboxylic acids is 2. The molecule has 0 aromatic heterocycles. The third-order valence-electron chi connectivity index (χ3n) is 7.21. The molecule has 3 amide bonds. The Morgan fingerprint density at radius 2 is 1.63 bits per heavy atom. The van der Waals surface area contributed by atoms with E-state index in [0.717, 1.165) is 38.5 Å². The lowest BCUT2D eigenvalue weighted by molar-refractivity contribution is -0.138. The molecule has 6 nitrogen and oxygen atoms in total. The Balaban J connectivity index is 1.36. The van der Waals surface area contributed by atoms with Crippen molar-refractivity contribution in [2.45, 2.75) is 37.6 Å². The van der Waals surface area contributed by atoms with Gasteiger partial charge in [0.05, 0.1) is 29.4 Å². The van der Waals surface area contributed by atoms with Gasteiger partial charge in [-0.05, 0) is 30.0 Å². The number of rotatable bonds is 4. The highest BCUT2D eigenvalue weighted by molar-refractivity contribution is 6.01. The van der Waals surface area contributed by atoms with E-state index in [1.54, 1.807) is 11.9 Å². The first kappa shape index (κ1) is 23.4. The number of nitrogens with zero attached hydrogens (tertiary/aromatic N) is 3. The van der Waals surface area contributed by atoms with Crippen LogP contribution in [-0.2, 0) is 17.5 Å². The van der Waals surface area contributed by atoms with E-state index in [1.165, 1.54) is 28.7 Å². The van der Waals surface area contributed by atoms with E-state index in [-0.39, 0.29) is 29.6 Å². The first-order valence-electron chi connectivity index (χ1n) is 11.7. The van der Waals surface area contributed by atoms with Crippen LogP contribution in [0.5, 0.6) is 0 Å². The minimum absolute atomic E-state index is 0.0258. The van der Waals surface area contributed by atoms with Gasteiger partial charge in [0.25, 0.3) is 5.91 Å². The van der Waals surface area contributed by atoms with Gasteiger partial charge in [-0.15, -0.1) is 0 Å². The standard InChI is InChI=1S/C26H27F3N4O2/c1-31-21-16-33(18-11-13-32(14-12-18)15-17-7-3-2-4-8-17)24(34)22(21)23(30-25(31)35)19-9-5-6-10-20(19)26(27,28)29/h2-10,18,23H,11-16H2,1H3,(H,30,35). The Hall–Kier alpha value is -3.33. The lowest BCUT2D eigenvalue weighted by Crippen LogP contribution is -2.46. The van der Waals surface area contributed by atoms with Crippen LogP contribution in [0, 0.1) is 0 Å². The molecule has 2 aromatic carbocycles. The number of hydrogen-bond acceptors (Lipinski definition) is 3. The number of nitrogens with one attached hydrogen (secondary N) is 1. The number of alkyl halides is 3. The van der Waals surface area contributed by atoms with Crippen LogP contribution < -0.4 is 5.32 Å². The molecule has 1 atom stereocenters. The van der Waals surface area contributed by atoms with E-state index in [4.69, 9.17) is 0 Å². The Labute approximate surface area is 202 Å². The predicted octanol–water partition coefficient (Wildman–Crippen LogP) is 4.16. The van der Waals surface area contributed by atoms with Crippen molar-refractivity contribution in [1.82, 2.24) is 20.0 Å². The third kappa shape index (κ3) is 4.40. The van der Waals surface area contributed by atoms with E-state index in [0.29, 0.717) is 5.70 Å². The summed E-state index contributed by atoms with van der Waals surface area (Å²) in [6.07, 6.45) is -3.06. The molecule has 0 aliphatic carbocycles. The molecule has 0 radical (unpaired) electrons. The molecular formula is C26H27F3N4O2. The molecule has 3 aliphatic heterocycles. The summed E-state index contributed by atoms with van der Waals surface area (Å²) in [7, 11) is 1.55. The highest BCUT2D eigenvalue weighted by Crippen LogP contribution is 2.42. The van der Waals surface area contributed by atoms with Crippen LogP contribution in [0.15, 0.2) is 65.9 Å². The third-order valence-corrected chi connectivity index (χ3v) is 7.21. The number of piperidine rings is 1. The van der Waals surface area contributed by atoms with Crippen molar-refractivity contribution in [3.8, 4) is 0 Å². The molecule has 2 aromatic rings. The van der Waals surface area contributed by atoms with E-state index in [2.05, 4.69) is 22.3 Å². The van der Waals surface area contributed by atoms with Crippen molar-refractivity contribution in [3.63, 3.8) is 0 Å². The molecule has 9 heteroatoms.